The summed E-state index contributed by atoms with van der Waals surface area (Å²) in [6.45, 7) is 5.85. The van der Waals surface area contributed by atoms with Crippen LogP contribution in [0.3, 0.4) is 0 Å². The Labute approximate surface area is 205 Å². The standard InChI is InChI=1S/C29H29NO5/c1-18(31)26(15-19-12-13-27-20(14-19)16-34-29(2,3)35-27)30-28(32)33-17-25-23-10-6-4-8-21(23)22-9-5-7-11-24(22)25/h4-14,25-26H,15-17H2,1-3H3,(H,30,32)/t26-/m0/s1. The second kappa shape index (κ2) is 9.19. The lowest BCUT2D eigenvalue weighted by Crippen LogP contribution is -2.42. The van der Waals surface area contributed by atoms with Crippen molar-refractivity contribution in [1.82, 2.24) is 5.32 Å². The molecule has 3 aromatic rings. The van der Waals surface area contributed by atoms with Crippen molar-refractivity contribution >= 4 is 11.9 Å². The fraction of sp³-hybridized carbons (Fsp3) is 0.310. The molecule has 2 aliphatic rings. The molecule has 6 nitrogen and oxygen atoms in total. The van der Waals surface area contributed by atoms with Crippen LogP contribution < -0.4 is 10.1 Å². The van der Waals surface area contributed by atoms with E-state index < -0.39 is 17.9 Å². The SMILES string of the molecule is CC(=O)[C@H](Cc1ccc2c(c1)COC(C)(C)O2)NC(=O)OCC1c2ccccc2-c2ccccc21. The zero-order chi connectivity index (χ0) is 24.6. The van der Waals surface area contributed by atoms with E-state index in [9.17, 15) is 9.59 Å². The number of amides is 1. The molecule has 0 spiro atoms. The Balaban J connectivity index is 1.24. The molecule has 5 rings (SSSR count). The summed E-state index contributed by atoms with van der Waals surface area (Å²) in [7, 11) is 0. The Hall–Kier alpha value is -3.64. The molecule has 0 aromatic heterocycles. The first-order valence-electron chi connectivity index (χ1n) is 11.9. The number of benzene rings is 3. The molecule has 0 unspecified atom stereocenters. The maximum Gasteiger partial charge on any atom is 0.407 e. The van der Waals surface area contributed by atoms with E-state index in [1.54, 1.807) is 0 Å². The van der Waals surface area contributed by atoms with E-state index in [0.29, 0.717) is 13.0 Å². The van der Waals surface area contributed by atoms with Crippen LogP contribution in [-0.2, 0) is 27.3 Å². The van der Waals surface area contributed by atoms with Gasteiger partial charge in [-0.25, -0.2) is 4.79 Å². The quantitative estimate of drug-likeness (QED) is 0.523. The topological polar surface area (TPSA) is 73.9 Å². The van der Waals surface area contributed by atoms with Gasteiger partial charge in [-0.2, -0.15) is 0 Å². The number of hydrogen-bond acceptors (Lipinski definition) is 5. The highest BCUT2D eigenvalue weighted by molar-refractivity contribution is 5.86. The fourth-order valence-electron chi connectivity index (χ4n) is 4.83. The Morgan fingerprint density at radius 1 is 1.03 bits per heavy atom. The Kier molecular flexibility index (Phi) is 6.07. The summed E-state index contributed by atoms with van der Waals surface area (Å²) in [5.74, 6) is -0.0604. The number of carbonyl (C=O) groups excluding carboxylic acids is 2. The van der Waals surface area contributed by atoms with Crippen LogP contribution in [0.2, 0.25) is 0 Å². The molecule has 6 heteroatoms. The third-order valence-corrected chi connectivity index (χ3v) is 6.62. The number of carbonyl (C=O) groups is 2. The Bertz CT molecular complexity index is 1240. The molecule has 35 heavy (non-hydrogen) atoms. The zero-order valence-electron chi connectivity index (χ0n) is 20.2. The molecule has 1 amide bonds. The molecule has 1 atom stereocenters. The summed E-state index contributed by atoms with van der Waals surface area (Å²) >= 11 is 0. The number of alkyl carbamates (subject to hydrolysis) is 1. The number of hydrogen-bond donors (Lipinski definition) is 1. The van der Waals surface area contributed by atoms with Gasteiger partial charge in [0.15, 0.2) is 5.78 Å². The van der Waals surface area contributed by atoms with Crippen molar-refractivity contribution in [2.75, 3.05) is 6.61 Å². The maximum absolute atomic E-state index is 12.7. The highest BCUT2D eigenvalue weighted by Crippen LogP contribution is 2.44. The van der Waals surface area contributed by atoms with E-state index in [-0.39, 0.29) is 18.3 Å². The second-order valence-electron chi connectivity index (χ2n) is 9.57. The van der Waals surface area contributed by atoms with Crippen LogP contribution in [0.5, 0.6) is 5.75 Å². The molecular weight excluding hydrogens is 442 g/mol. The van der Waals surface area contributed by atoms with Gasteiger partial charge in [0.2, 0.25) is 5.79 Å². The minimum Gasteiger partial charge on any atom is -0.463 e. The van der Waals surface area contributed by atoms with Crippen molar-refractivity contribution in [3.05, 3.63) is 89.0 Å². The highest BCUT2D eigenvalue weighted by Gasteiger charge is 2.30. The molecule has 0 saturated heterocycles. The van der Waals surface area contributed by atoms with Crippen molar-refractivity contribution < 1.29 is 23.8 Å². The molecular formula is C29H29NO5. The lowest BCUT2D eigenvalue weighted by Gasteiger charge is -2.32. The van der Waals surface area contributed by atoms with Gasteiger partial charge in [0.1, 0.15) is 12.4 Å². The molecule has 1 N–H and O–H groups in total. The van der Waals surface area contributed by atoms with E-state index in [0.717, 1.165) is 28.0 Å². The average molecular weight is 472 g/mol. The highest BCUT2D eigenvalue weighted by atomic mass is 16.7. The molecule has 0 fully saturated rings. The van der Waals surface area contributed by atoms with Gasteiger partial charge >= 0.3 is 6.09 Å². The normalized spacial score (nSPS) is 16.3. The van der Waals surface area contributed by atoms with Gasteiger partial charge in [0.05, 0.1) is 12.6 Å². The first kappa shape index (κ1) is 23.1. The number of fused-ring (bicyclic) bond motifs is 4. The van der Waals surface area contributed by atoms with Gasteiger partial charge < -0.3 is 19.5 Å². The predicted molar refractivity (Wildman–Crippen MR) is 132 cm³/mol. The van der Waals surface area contributed by atoms with Crippen LogP contribution in [0.15, 0.2) is 66.7 Å². The van der Waals surface area contributed by atoms with Crippen LogP contribution in [0, 0.1) is 0 Å². The van der Waals surface area contributed by atoms with Gasteiger partial charge in [-0.15, -0.1) is 0 Å². The van der Waals surface area contributed by atoms with Gasteiger partial charge in [-0.05, 0) is 53.3 Å². The molecule has 1 aliphatic heterocycles. The molecule has 0 saturated carbocycles. The monoisotopic (exact) mass is 471 g/mol. The van der Waals surface area contributed by atoms with Gasteiger partial charge in [0, 0.05) is 25.3 Å². The van der Waals surface area contributed by atoms with Crippen LogP contribution in [0.4, 0.5) is 4.79 Å². The lowest BCUT2D eigenvalue weighted by molar-refractivity contribution is -0.180. The van der Waals surface area contributed by atoms with Gasteiger partial charge in [0.25, 0.3) is 0 Å². The zero-order valence-corrected chi connectivity index (χ0v) is 20.2. The summed E-state index contributed by atoms with van der Waals surface area (Å²) in [5.41, 5.74) is 6.46. The van der Waals surface area contributed by atoms with Crippen molar-refractivity contribution in [3.8, 4) is 16.9 Å². The number of ketones is 1. The third kappa shape index (κ3) is 4.80. The minimum atomic E-state index is -0.689. The van der Waals surface area contributed by atoms with Gasteiger partial charge in [-0.1, -0.05) is 54.6 Å². The molecule has 1 heterocycles. The summed E-state index contributed by atoms with van der Waals surface area (Å²) in [5, 5.41) is 2.76. The first-order valence-corrected chi connectivity index (χ1v) is 11.9. The largest absolute Gasteiger partial charge is 0.463 e. The smallest absolute Gasteiger partial charge is 0.407 e. The lowest BCUT2D eigenvalue weighted by atomic mass is 9.98. The second-order valence-corrected chi connectivity index (χ2v) is 9.57. The molecule has 180 valence electrons. The minimum absolute atomic E-state index is 0.0335. The molecule has 0 bridgehead atoms. The van der Waals surface area contributed by atoms with Crippen LogP contribution in [-0.4, -0.2) is 30.3 Å². The van der Waals surface area contributed by atoms with Crippen LogP contribution in [0.1, 0.15) is 48.9 Å². The summed E-state index contributed by atoms with van der Waals surface area (Å²) in [6, 6.07) is 21.4. The van der Waals surface area contributed by atoms with E-state index >= 15 is 0 Å². The maximum atomic E-state index is 12.7. The molecule has 3 aromatic carbocycles. The number of nitrogens with one attached hydrogen (secondary N) is 1. The van der Waals surface area contributed by atoms with Crippen molar-refractivity contribution in [2.45, 2.75) is 51.5 Å². The predicted octanol–water partition coefficient (Wildman–Crippen LogP) is 5.37. The summed E-state index contributed by atoms with van der Waals surface area (Å²) in [4.78, 5) is 25.0. The summed E-state index contributed by atoms with van der Waals surface area (Å²) in [6.07, 6.45) is -0.241. The van der Waals surface area contributed by atoms with E-state index in [4.69, 9.17) is 14.2 Å². The van der Waals surface area contributed by atoms with Crippen molar-refractivity contribution in [3.63, 3.8) is 0 Å². The Morgan fingerprint density at radius 2 is 1.69 bits per heavy atom. The summed E-state index contributed by atoms with van der Waals surface area (Å²) < 4.78 is 17.2. The molecule has 1 aliphatic carbocycles. The van der Waals surface area contributed by atoms with E-state index in [1.165, 1.54) is 18.1 Å². The fourth-order valence-corrected chi connectivity index (χ4v) is 4.83. The Morgan fingerprint density at radius 3 is 2.34 bits per heavy atom. The third-order valence-electron chi connectivity index (χ3n) is 6.62. The number of ether oxygens (including phenoxy) is 3. The molecule has 0 radical (unpaired) electrons. The average Bonchev–Trinajstić information content (AvgIpc) is 3.15. The van der Waals surface area contributed by atoms with Gasteiger partial charge in [-0.3, -0.25) is 4.79 Å². The van der Waals surface area contributed by atoms with Crippen molar-refractivity contribution in [1.29, 1.82) is 0 Å². The number of rotatable bonds is 6. The van der Waals surface area contributed by atoms with E-state index in [1.807, 2.05) is 56.3 Å². The van der Waals surface area contributed by atoms with E-state index in [2.05, 4.69) is 29.6 Å². The van der Waals surface area contributed by atoms with Crippen molar-refractivity contribution in [2.24, 2.45) is 0 Å². The number of Topliss-reactive ketones (excluding diaryl/α,β-unsaturated/α-hetero) is 1. The van der Waals surface area contributed by atoms with Crippen LogP contribution >= 0.6 is 0 Å². The van der Waals surface area contributed by atoms with Crippen LogP contribution in [0.25, 0.3) is 11.1 Å². The first-order chi connectivity index (χ1) is 16.8.